The van der Waals surface area contributed by atoms with E-state index >= 15 is 0 Å². The van der Waals surface area contributed by atoms with Gasteiger partial charge in [-0.25, -0.2) is 4.79 Å². The van der Waals surface area contributed by atoms with Crippen LogP contribution in [0.15, 0.2) is 18.2 Å². The highest BCUT2D eigenvalue weighted by Gasteiger charge is 2.45. The lowest BCUT2D eigenvalue weighted by molar-refractivity contribution is -0.139. The standard InChI is InChI=1S/C20H26ClN3O2/c1-14-3-2-4-16(21)18(14)22-19(26)23-11-9-20(10-12-23)8-7-17(25)24(13-20)15-5-6-15/h2-4,15H,5-13H2,1H3,(H,22,26). The Labute approximate surface area is 159 Å². The molecule has 4 rings (SSSR count). The molecule has 1 spiro atoms. The van der Waals surface area contributed by atoms with Crippen molar-refractivity contribution in [2.45, 2.75) is 51.5 Å². The summed E-state index contributed by atoms with van der Waals surface area (Å²) in [5.74, 6) is 0.326. The van der Waals surface area contributed by atoms with Crippen LogP contribution in [0.2, 0.25) is 5.02 Å². The number of halogens is 1. The number of carbonyl (C=O) groups excluding carboxylic acids is 2. The van der Waals surface area contributed by atoms with E-state index in [-0.39, 0.29) is 11.4 Å². The smallest absolute Gasteiger partial charge is 0.321 e. The number of carbonyl (C=O) groups is 2. The van der Waals surface area contributed by atoms with Gasteiger partial charge in [-0.15, -0.1) is 0 Å². The Balaban J connectivity index is 1.37. The molecule has 3 aliphatic rings. The number of piperidine rings is 2. The molecule has 1 N–H and O–H groups in total. The Kier molecular flexibility index (Phi) is 4.59. The number of urea groups is 1. The van der Waals surface area contributed by atoms with Gasteiger partial charge >= 0.3 is 6.03 Å². The van der Waals surface area contributed by atoms with Crippen LogP contribution in [0.25, 0.3) is 0 Å². The van der Waals surface area contributed by atoms with E-state index in [0.29, 0.717) is 29.1 Å². The van der Waals surface area contributed by atoms with E-state index in [9.17, 15) is 9.59 Å². The number of para-hydroxylation sites is 1. The lowest BCUT2D eigenvalue weighted by Gasteiger charge is -2.47. The van der Waals surface area contributed by atoms with Gasteiger partial charge in [-0.05, 0) is 56.1 Å². The summed E-state index contributed by atoms with van der Waals surface area (Å²) < 4.78 is 0. The summed E-state index contributed by atoms with van der Waals surface area (Å²) in [6, 6.07) is 6.03. The Morgan fingerprint density at radius 3 is 2.62 bits per heavy atom. The van der Waals surface area contributed by atoms with Crippen molar-refractivity contribution in [3.05, 3.63) is 28.8 Å². The number of hydrogen-bond acceptors (Lipinski definition) is 2. The number of amides is 3. The van der Waals surface area contributed by atoms with Crippen LogP contribution in [-0.4, -0.2) is 47.4 Å². The monoisotopic (exact) mass is 375 g/mol. The van der Waals surface area contributed by atoms with Crippen molar-refractivity contribution in [2.24, 2.45) is 5.41 Å². The van der Waals surface area contributed by atoms with Crippen molar-refractivity contribution in [1.29, 1.82) is 0 Å². The summed E-state index contributed by atoms with van der Waals surface area (Å²) in [7, 11) is 0. The number of hydrogen-bond donors (Lipinski definition) is 1. The minimum absolute atomic E-state index is 0.0815. The highest BCUT2D eigenvalue weighted by atomic mass is 35.5. The largest absolute Gasteiger partial charge is 0.339 e. The second-order valence-corrected chi connectivity index (χ2v) is 8.51. The van der Waals surface area contributed by atoms with Crippen LogP contribution < -0.4 is 5.32 Å². The summed E-state index contributed by atoms with van der Waals surface area (Å²) in [4.78, 5) is 28.8. The first-order valence-corrected chi connectivity index (χ1v) is 9.96. The van der Waals surface area contributed by atoms with E-state index in [4.69, 9.17) is 11.6 Å². The van der Waals surface area contributed by atoms with Gasteiger partial charge in [-0.3, -0.25) is 4.79 Å². The fourth-order valence-electron chi connectivity index (χ4n) is 4.33. The Morgan fingerprint density at radius 1 is 1.23 bits per heavy atom. The molecule has 26 heavy (non-hydrogen) atoms. The number of rotatable bonds is 2. The van der Waals surface area contributed by atoms with Crippen LogP contribution in [-0.2, 0) is 4.79 Å². The van der Waals surface area contributed by atoms with Gasteiger partial charge in [0.25, 0.3) is 0 Å². The van der Waals surface area contributed by atoms with Gasteiger partial charge in [0.15, 0.2) is 0 Å². The van der Waals surface area contributed by atoms with Crippen LogP contribution in [0.4, 0.5) is 10.5 Å². The molecule has 0 atom stereocenters. The van der Waals surface area contributed by atoms with Gasteiger partial charge in [0, 0.05) is 32.1 Å². The number of likely N-dealkylation sites (tertiary alicyclic amines) is 2. The third kappa shape index (κ3) is 3.41. The molecule has 3 fully saturated rings. The molecule has 0 unspecified atom stereocenters. The van der Waals surface area contributed by atoms with E-state index in [1.165, 1.54) is 0 Å². The summed E-state index contributed by atoms with van der Waals surface area (Å²) in [5, 5.41) is 3.54. The molecule has 1 saturated carbocycles. The maximum atomic E-state index is 12.7. The van der Waals surface area contributed by atoms with Crippen molar-refractivity contribution in [3.63, 3.8) is 0 Å². The highest BCUT2D eigenvalue weighted by molar-refractivity contribution is 6.33. The van der Waals surface area contributed by atoms with Gasteiger partial charge < -0.3 is 15.1 Å². The predicted molar refractivity (Wildman–Crippen MR) is 102 cm³/mol. The minimum Gasteiger partial charge on any atom is -0.339 e. The van der Waals surface area contributed by atoms with Crippen LogP contribution in [0.5, 0.6) is 0 Å². The summed E-state index contributed by atoms with van der Waals surface area (Å²) in [5.41, 5.74) is 1.86. The van der Waals surface area contributed by atoms with E-state index in [1.807, 2.05) is 24.0 Å². The average Bonchev–Trinajstić information content (AvgIpc) is 3.46. The van der Waals surface area contributed by atoms with Crippen molar-refractivity contribution in [1.82, 2.24) is 9.80 Å². The van der Waals surface area contributed by atoms with E-state index in [0.717, 1.165) is 57.3 Å². The SMILES string of the molecule is Cc1cccc(Cl)c1NC(=O)N1CCC2(CCC(=O)N(C3CC3)C2)CC1. The Morgan fingerprint density at radius 2 is 1.96 bits per heavy atom. The molecule has 2 aliphatic heterocycles. The molecule has 140 valence electrons. The van der Waals surface area contributed by atoms with Gasteiger partial charge in [-0.1, -0.05) is 23.7 Å². The van der Waals surface area contributed by atoms with E-state index in [1.54, 1.807) is 6.07 Å². The van der Waals surface area contributed by atoms with Gasteiger partial charge in [0.2, 0.25) is 5.91 Å². The summed E-state index contributed by atoms with van der Waals surface area (Å²) in [6.45, 7) is 4.30. The molecule has 1 aliphatic carbocycles. The summed E-state index contributed by atoms with van der Waals surface area (Å²) >= 11 is 6.22. The zero-order valence-corrected chi connectivity index (χ0v) is 16.0. The number of benzene rings is 1. The van der Waals surface area contributed by atoms with Gasteiger partial charge in [0.05, 0.1) is 10.7 Å². The fraction of sp³-hybridized carbons (Fsp3) is 0.600. The Hall–Kier alpha value is -1.75. The third-order valence-corrected chi connectivity index (χ3v) is 6.56. The second-order valence-electron chi connectivity index (χ2n) is 8.10. The molecule has 3 amide bonds. The minimum atomic E-state index is -0.0815. The molecule has 5 nitrogen and oxygen atoms in total. The van der Waals surface area contributed by atoms with Crippen LogP contribution >= 0.6 is 11.6 Å². The lowest BCUT2D eigenvalue weighted by Crippen LogP contribution is -2.53. The third-order valence-electron chi connectivity index (χ3n) is 6.25. The zero-order chi connectivity index (χ0) is 18.3. The molecular weight excluding hydrogens is 350 g/mol. The first-order chi connectivity index (χ1) is 12.5. The number of anilines is 1. The molecule has 2 heterocycles. The second kappa shape index (κ2) is 6.76. The van der Waals surface area contributed by atoms with Crippen molar-refractivity contribution in [2.75, 3.05) is 25.0 Å². The first-order valence-electron chi connectivity index (χ1n) is 9.58. The number of nitrogens with one attached hydrogen (secondary N) is 1. The molecule has 1 aromatic rings. The molecule has 1 aromatic carbocycles. The quantitative estimate of drug-likeness (QED) is 0.847. The normalized spacial score (nSPS) is 22.6. The first kappa shape index (κ1) is 17.7. The van der Waals surface area contributed by atoms with Gasteiger partial charge in [-0.2, -0.15) is 0 Å². The molecule has 0 aromatic heterocycles. The molecule has 0 radical (unpaired) electrons. The Bertz CT molecular complexity index is 704. The van der Waals surface area contributed by atoms with Crippen molar-refractivity contribution < 1.29 is 9.59 Å². The maximum absolute atomic E-state index is 12.7. The van der Waals surface area contributed by atoms with Crippen LogP contribution in [0.1, 0.15) is 44.1 Å². The van der Waals surface area contributed by atoms with Crippen LogP contribution in [0, 0.1) is 12.3 Å². The van der Waals surface area contributed by atoms with Crippen LogP contribution in [0.3, 0.4) is 0 Å². The predicted octanol–water partition coefficient (Wildman–Crippen LogP) is 4.05. The van der Waals surface area contributed by atoms with E-state index < -0.39 is 0 Å². The maximum Gasteiger partial charge on any atom is 0.321 e. The lowest BCUT2D eigenvalue weighted by atomic mass is 9.72. The van der Waals surface area contributed by atoms with Crippen molar-refractivity contribution in [3.8, 4) is 0 Å². The topological polar surface area (TPSA) is 52.7 Å². The van der Waals surface area contributed by atoms with Crippen molar-refractivity contribution >= 4 is 29.2 Å². The molecule has 0 bridgehead atoms. The molecule has 6 heteroatoms. The van der Waals surface area contributed by atoms with Gasteiger partial charge in [0.1, 0.15) is 0 Å². The van der Waals surface area contributed by atoms with E-state index in [2.05, 4.69) is 10.2 Å². The molecule has 2 saturated heterocycles. The average molecular weight is 376 g/mol. The zero-order valence-electron chi connectivity index (χ0n) is 15.3. The molecular formula is C20H26ClN3O2. The summed E-state index contributed by atoms with van der Waals surface area (Å²) in [6.07, 6.45) is 5.90. The highest BCUT2D eigenvalue weighted by Crippen LogP contribution is 2.43. The fourth-order valence-corrected chi connectivity index (χ4v) is 4.60. The number of nitrogens with zero attached hydrogens (tertiary/aromatic N) is 2. The number of aryl methyl sites for hydroxylation is 1.